The molecule has 0 saturated carbocycles. The predicted molar refractivity (Wildman–Crippen MR) is 81.7 cm³/mol. The Kier molecular flexibility index (Phi) is 7.02. The molecular formula is C16H25NO4. The lowest BCUT2D eigenvalue weighted by molar-refractivity contribution is -0.121. The Morgan fingerprint density at radius 2 is 2.00 bits per heavy atom. The second-order valence-electron chi connectivity index (χ2n) is 5.28. The zero-order valence-corrected chi connectivity index (χ0v) is 13.2. The maximum Gasteiger partial charge on any atom is 0.224 e. The van der Waals surface area contributed by atoms with Crippen LogP contribution in [0.3, 0.4) is 0 Å². The molecule has 1 aromatic rings. The topological polar surface area (TPSA) is 67.8 Å². The van der Waals surface area contributed by atoms with E-state index in [1.165, 1.54) is 0 Å². The molecule has 0 bridgehead atoms. The van der Waals surface area contributed by atoms with Gasteiger partial charge in [-0.15, -0.1) is 0 Å². The number of amides is 1. The molecule has 21 heavy (non-hydrogen) atoms. The normalized spacial score (nSPS) is 12.1. The molecule has 0 aromatic heterocycles. The zero-order valence-electron chi connectivity index (χ0n) is 13.2. The second kappa shape index (κ2) is 8.52. The number of hydrogen-bond donors (Lipinski definition) is 2. The van der Waals surface area contributed by atoms with Crippen molar-refractivity contribution in [1.29, 1.82) is 0 Å². The molecule has 1 rings (SSSR count). The average Bonchev–Trinajstić information content (AvgIpc) is 2.47. The third kappa shape index (κ3) is 5.27. The van der Waals surface area contributed by atoms with Crippen LogP contribution in [0.2, 0.25) is 0 Å². The van der Waals surface area contributed by atoms with Crippen LogP contribution in [0.25, 0.3) is 0 Å². The smallest absolute Gasteiger partial charge is 0.224 e. The monoisotopic (exact) mass is 295 g/mol. The summed E-state index contributed by atoms with van der Waals surface area (Å²) in [4.78, 5) is 12.1. The highest BCUT2D eigenvalue weighted by molar-refractivity contribution is 5.79. The summed E-state index contributed by atoms with van der Waals surface area (Å²) >= 11 is 0. The van der Waals surface area contributed by atoms with Crippen molar-refractivity contribution >= 4 is 5.91 Å². The molecule has 0 saturated heterocycles. The van der Waals surface area contributed by atoms with Crippen LogP contribution in [0.1, 0.15) is 25.8 Å². The summed E-state index contributed by atoms with van der Waals surface area (Å²) < 4.78 is 10.4. The summed E-state index contributed by atoms with van der Waals surface area (Å²) in [5.74, 6) is 1.52. The number of carbonyl (C=O) groups is 1. The molecule has 0 aliphatic carbocycles. The SMILES string of the molecule is COc1ccc(CC(=O)NC(CCO)C(C)C)c(OC)c1. The number of ether oxygens (including phenoxy) is 2. The highest BCUT2D eigenvalue weighted by Crippen LogP contribution is 2.25. The fraction of sp³-hybridized carbons (Fsp3) is 0.562. The van der Waals surface area contributed by atoms with E-state index < -0.39 is 0 Å². The summed E-state index contributed by atoms with van der Waals surface area (Å²) in [5, 5.41) is 12.0. The van der Waals surface area contributed by atoms with Gasteiger partial charge in [0.25, 0.3) is 0 Å². The maximum atomic E-state index is 12.1. The lowest BCUT2D eigenvalue weighted by atomic mass is 10.0. The first-order valence-electron chi connectivity index (χ1n) is 7.13. The number of carbonyl (C=O) groups excluding carboxylic acids is 1. The first-order valence-corrected chi connectivity index (χ1v) is 7.13. The van der Waals surface area contributed by atoms with Crippen LogP contribution in [0.4, 0.5) is 0 Å². The minimum absolute atomic E-state index is 0.0215. The maximum absolute atomic E-state index is 12.1. The van der Waals surface area contributed by atoms with E-state index in [4.69, 9.17) is 14.6 Å². The van der Waals surface area contributed by atoms with E-state index in [-0.39, 0.29) is 30.9 Å². The molecule has 1 unspecified atom stereocenters. The van der Waals surface area contributed by atoms with E-state index in [1.54, 1.807) is 26.4 Å². The molecule has 0 radical (unpaired) electrons. The van der Waals surface area contributed by atoms with Gasteiger partial charge in [0.2, 0.25) is 5.91 Å². The summed E-state index contributed by atoms with van der Waals surface area (Å²) in [7, 11) is 3.15. The van der Waals surface area contributed by atoms with Crippen LogP contribution in [-0.4, -0.2) is 37.9 Å². The standard InChI is InChI=1S/C16H25NO4/c1-11(2)14(7-8-18)17-16(19)9-12-5-6-13(20-3)10-15(12)21-4/h5-6,10-11,14,18H,7-9H2,1-4H3,(H,17,19). The molecule has 0 heterocycles. The van der Waals surface area contributed by atoms with Gasteiger partial charge in [-0.25, -0.2) is 0 Å². The minimum Gasteiger partial charge on any atom is -0.497 e. The van der Waals surface area contributed by atoms with Crippen molar-refractivity contribution in [1.82, 2.24) is 5.32 Å². The van der Waals surface area contributed by atoms with E-state index in [2.05, 4.69) is 5.32 Å². The van der Waals surface area contributed by atoms with Crippen LogP contribution >= 0.6 is 0 Å². The Morgan fingerprint density at radius 1 is 1.29 bits per heavy atom. The summed E-state index contributed by atoms with van der Waals surface area (Å²) in [5.41, 5.74) is 0.808. The van der Waals surface area contributed by atoms with Crippen molar-refractivity contribution in [3.63, 3.8) is 0 Å². The molecule has 1 aromatic carbocycles. The molecule has 118 valence electrons. The Hall–Kier alpha value is -1.75. The number of aliphatic hydroxyl groups excluding tert-OH is 1. The number of benzene rings is 1. The Bertz CT molecular complexity index is 460. The van der Waals surface area contributed by atoms with Crippen molar-refractivity contribution in [3.8, 4) is 11.5 Å². The largest absolute Gasteiger partial charge is 0.497 e. The number of hydrogen-bond acceptors (Lipinski definition) is 4. The predicted octanol–water partition coefficient (Wildman–Crippen LogP) is 1.77. The van der Waals surface area contributed by atoms with Gasteiger partial charge in [0.15, 0.2) is 0 Å². The molecular weight excluding hydrogens is 270 g/mol. The first-order chi connectivity index (χ1) is 10.0. The van der Waals surface area contributed by atoms with E-state index in [1.807, 2.05) is 19.9 Å². The van der Waals surface area contributed by atoms with Crippen LogP contribution in [0.5, 0.6) is 11.5 Å². The van der Waals surface area contributed by atoms with Crippen molar-refractivity contribution in [2.45, 2.75) is 32.7 Å². The van der Waals surface area contributed by atoms with Crippen LogP contribution in [-0.2, 0) is 11.2 Å². The zero-order chi connectivity index (χ0) is 15.8. The van der Waals surface area contributed by atoms with Crippen LogP contribution in [0.15, 0.2) is 18.2 Å². The third-order valence-electron chi connectivity index (χ3n) is 3.44. The van der Waals surface area contributed by atoms with Gasteiger partial charge in [0, 0.05) is 24.3 Å². The molecule has 1 atom stereocenters. The third-order valence-corrected chi connectivity index (χ3v) is 3.44. The molecule has 5 heteroatoms. The van der Waals surface area contributed by atoms with Gasteiger partial charge in [-0.1, -0.05) is 19.9 Å². The molecule has 1 amide bonds. The molecule has 5 nitrogen and oxygen atoms in total. The highest BCUT2D eigenvalue weighted by atomic mass is 16.5. The molecule has 0 fully saturated rings. The van der Waals surface area contributed by atoms with E-state index in [0.29, 0.717) is 17.9 Å². The number of nitrogens with one attached hydrogen (secondary N) is 1. The summed E-state index contributed by atoms with van der Waals surface area (Å²) in [6, 6.07) is 5.37. The van der Waals surface area contributed by atoms with Gasteiger partial charge in [-0.3, -0.25) is 4.79 Å². The van der Waals surface area contributed by atoms with E-state index in [9.17, 15) is 4.79 Å². The fourth-order valence-corrected chi connectivity index (χ4v) is 2.14. The van der Waals surface area contributed by atoms with Crippen molar-refractivity contribution in [2.75, 3.05) is 20.8 Å². The van der Waals surface area contributed by atoms with Crippen LogP contribution in [0, 0.1) is 5.92 Å². The number of rotatable bonds is 8. The van der Waals surface area contributed by atoms with Crippen molar-refractivity contribution < 1.29 is 19.4 Å². The Balaban J connectivity index is 2.73. The minimum atomic E-state index is -0.0781. The molecule has 0 aliphatic heterocycles. The lowest BCUT2D eigenvalue weighted by Gasteiger charge is -2.21. The average molecular weight is 295 g/mol. The van der Waals surface area contributed by atoms with E-state index >= 15 is 0 Å². The van der Waals surface area contributed by atoms with Gasteiger partial charge in [0.05, 0.1) is 20.6 Å². The number of aliphatic hydroxyl groups is 1. The molecule has 2 N–H and O–H groups in total. The van der Waals surface area contributed by atoms with Gasteiger partial charge < -0.3 is 19.9 Å². The quantitative estimate of drug-likeness (QED) is 0.767. The highest BCUT2D eigenvalue weighted by Gasteiger charge is 2.17. The number of methoxy groups -OCH3 is 2. The van der Waals surface area contributed by atoms with Crippen LogP contribution < -0.4 is 14.8 Å². The van der Waals surface area contributed by atoms with Gasteiger partial charge in [-0.05, 0) is 18.4 Å². The van der Waals surface area contributed by atoms with Gasteiger partial charge in [0.1, 0.15) is 11.5 Å². The molecule has 0 spiro atoms. The summed E-state index contributed by atoms with van der Waals surface area (Å²) in [6.07, 6.45) is 0.797. The van der Waals surface area contributed by atoms with Gasteiger partial charge in [-0.2, -0.15) is 0 Å². The fourth-order valence-electron chi connectivity index (χ4n) is 2.14. The summed E-state index contributed by atoms with van der Waals surface area (Å²) in [6.45, 7) is 4.11. The Morgan fingerprint density at radius 3 is 2.52 bits per heavy atom. The second-order valence-corrected chi connectivity index (χ2v) is 5.28. The van der Waals surface area contributed by atoms with Gasteiger partial charge >= 0.3 is 0 Å². The van der Waals surface area contributed by atoms with Crippen molar-refractivity contribution in [2.24, 2.45) is 5.92 Å². The Labute approximate surface area is 126 Å². The van der Waals surface area contributed by atoms with E-state index in [0.717, 1.165) is 5.56 Å². The van der Waals surface area contributed by atoms with Crippen molar-refractivity contribution in [3.05, 3.63) is 23.8 Å². The lowest BCUT2D eigenvalue weighted by Crippen LogP contribution is -2.40. The molecule has 0 aliphatic rings. The first kappa shape index (κ1) is 17.3.